The molecular formula is C21H19N3O3. The van der Waals surface area contributed by atoms with Gasteiger partial charge in [0.05, 0.1) is 25.5 Å². The van der Waals surface area contributed by atoms with Gasteiger partial charge in [-0.1, -0.05) is 6.07 Å². The fourth-order valence-electron chi connectivity index (χ4n) is 3.08. The highest BCUT2D eigenvalue weighted by Crippen LogP contribution is 2.33. The zero-order valence-corrected chi connectivity index (χ0v) is 15.0. The Labute approximate surface area is 156 Å². The second kappa shape index (κ2) is 6.92. The molecule has 2 N–H and O–H groups in total. The Balaban J connectivity index is 1.75. The summed E-state index contributed by atoms with van der Waals surface area (Å²) in [5.41, 5.74) is 2.86. The van der Waals surface area contributed by atoms with Crippen LogP contribution in [0.5, 0.6) is 11.5 Å². The van der Waals surface area contributed by atoms with Gasteiger partial charge in [-0.15, -0.1) is 0 Å². The molecule has 0 atom stereocenters. The van der Waals surface area contributed by atoms with Crippen molar-refractivity contribution in [1.82, 2.24) is 9.55 Å². The first kappa shape index (κ1) is 16.8. The van der Waals surface area contributed by atoms with Crippen molar-refractivity contribution in [3.05, 3.63) is 72.7 Å². The summed E-state index contributed by atoms with van der Waals surface area (Å²) in [5, 5.41) is 4.05. The van der Waals surface area contributed by atoms with Crippen molar-refractivity contribution in [2.45, 2.75) is 0 Å². The molecule has 0 unspecified atom stereocenters. The second-order valence-corrected chi connectivity index (χ2v) is 6.05. The van der Waals surface area contributed by atoms with Crippen LogP contribution in [0.4, 0.5) is 5.69 Å². The fourth-order valence-corrected chi connectivity index (χ4v) is 3.08. The molecule has 4 aromatic rings. The third-order valence-corrected chi connectivity index (χ3v) is 4.44. The Hall–Kier alpha value is -3.67. The lowest BCUT2D eigenvalue weighted by Crippen LogP contribution is -2.15. The van der Waals surface area contributed by atoms with Crippen molar-refractivity contribution in [2.75, 3.05) is 19.5 Å². The number of amides is 1. The van der Waals surface area contributed by atoms with Gasteiger partial charge >= 0.3 is 0 Å². The highest BCUT2D eigenvalue weighted by Gasteiger charge is 2.18. The predicted octanol–water partition coefficient (Wildman–Crippen LogP) is 4.23. The minimum absolute atomic E-state index is 0.231. The normalized spacial score (nSPS) is 10.7. The number of aromatic amines is 1. The molecule has 1 amide bonds. The minimum Gasteiger partial charge on any atom is -0.493 e. The van der Waals surface area contributed by atoms with Gasteiger partial charge in [-0.25, -0.2) is 0 Å². The molecule has 0 aliphatic heterocycles. The van der Waals surface area contributed by atoms with Crippen LogP contribution >= 0.6 is 0 Å². The van der Waals surface area contributed by atoms with E-state index in [1.807, 2.05) is 59.6 Å². The summed E-state index contributed by atoms with van der Waals surface area (Å²) in [6.45, 7) is 0. The summed E-state index contributed by atoms with van der Waals surface area (Å²) in [6.07, 6.45) is 5.63. The van der Waals surface area contributed by atoms with Crippen molar-refractivity contribution in [2.24, 2.45) is 0 Å². The monoisotopic (exact) mass is 361 g/mol. The molecule has 6 nitrogen and oxygen atoms in total. The van der Waals surface area contributed by atoms with Crippen LogP contribution in [0, 0.1) is 0 Å². The molecule has 0 aliphatic rings. The lowest BCUT2D eigenvalue weighted by molar-refractivity contribution is 0.102. The number of nitrogens with one attached hydrogen (secondary N) is 2. The van der Waals surface area contributed by atoms with Crippen LogP contribution in [0.1, 0.15) is 10.4 Å². The number of ether oxygens (including phenoxy) is 2. The van der Waals surface area contributed by atoms with Crippen LogP contribution in [-0.4, -0.2) is 29.7 Å². The zero-order valence-electron chi connectivity index (χ0n) is 15.0. The van der Waals surface area contributed by atoms with Crippen molar-refractivity contribution < 1.29 is 14.3 Å². The Kier molecular flexibility index (Phi) is 4.30. The SMILES string of the molecule is COc1cc(C(=O)Nc2ccc3cc[nH]c3c2)c(-n2cccc2)cc1OC. The maximum atomic E-state index is 13.0. The lowest BCUT2D eigenvalue weighted by atomic mass is 10.1. The summed E-state index contributed by atoms with van der Waals surface area (Å²) in [4.78, 5) is 16.2. The fraction of sp³-hybridized carbons (Fsp3) is 0.0952. The zero-order chi connectivity index (χ0) is 18.8. The van der Waals surface area contributed by atoms with Gasteiger partial charge in [0.25, 0.3) is 5.91 Å². The van der Waals surface area contributed by atoms with Crippen molar-refractivity contribution >= 4 is 22.5 Å². The van der Waals surface area contributed by atoms with E-state index < -0.39 is 0 Å². The molecule has 0 bridgehead atoms. The largest absolute Gasteiger partial charge is 0.493 e. The van der Waals surface area contributed by atoms with E-state index in [1.165, 1.54) is 0 Å². The summed E-state index contributed by atoms with van der Waals surface area (Å²) >= 11 is 0. The van der Waals surface area contributed by atoms with Gasteiger partial charge in [0, 0.05) is 35.9 Å². The number of H-pyrrole nitrogens is 1. The topological polar surface area (TPSA) is 68.3 Å². The number of nitrogens with zero attached hydrogens (tertiary/aromatic N) is 1. The first-order valence-electron chi connectivity index (χ1n) is 8.47. The Bertz CT molecular complexity index is 1100. The third kappa shape index (κ3) is 3.13. The van der Waals surface area contributed by atoms with Gasteiger partial charge in [-0.3, -0.25) is 4.79 Å². The van der Waals surface area contributed by atoms with E-state index in [-0.39, 0.29) is 5.91 Å². The van der Waals surface area contributed by atoms with E-state index in [9.17, 15) is 4.79 Å². The van der Waals surface area contributed by atoms with Gasteiger partial charge in [0.15, 0.2) is 11.5 Å². The van der Waals surface area contributed by atoms with Gasteiger partial charge < -0.3 is 24.3 Å². The summed E-state index contributed by atoms with van der Waals surface area (Å²) in [6, 6.07) is 15.0. The second-order valence-electron chi connectivity index (χ2n) is 6.05. The van der Waals surface area contributed by atoms with E-state index in [2.05, 4.69) is 10.3 Å². The van der Waals surface area contributed by atoms with Crippen molar-refractivity contribution in [3.8, 4) is 17.2 Å². The van der Waals surface area contributed by atoms with Crippen LogP contribution in [0.15, 0.2) is 67.1 Å². The first-order chi connectivity index (χ1) is 13.2. The van der Waals surface area contributed by atoms with Crippen LogP contribution in [-0.2, 0) is 0 Å². The van der Waals surface area contributed by atoms with Crippen LogP contribution in [0.3, 0.4) is 0 Å². The number of benzene rings is 2. The number of anilines is 1. The summed E-state index contributed by atoms with van der Waals surface area (Å²) < 4.78 is 12.6. The number of carbonyl (C=O) groups is 1. The molecule has 4 rings (SSSR count). The molecule has 0 saturated carbocycles. The predicted molar refractivity (Wildman–Crippen MR) is 105 cm³/mol. The van der Waals surface area contributed by atoms with Gasteiger partial charge in [0.1, 0.15) is 0 Å². The molecule has 2 heterocycles. The number of hydrogen-bond donors (Lipinski definition) is 2. The minimum atomic E-state index is -0.231. The number of rotatable bonds is 5. The smallest absolute Gasteiger partial charge is 0.257 e. The Morgan fingerprint density at radius 3 is 2.48 bits per heavy atom. The van der Waals surface area contributed by atoms with Crippen LogP contribution in [0.2, 0.25) is 0 Å². The maximum absolute atomic E-state index is 13.0. The molecule has 0 saturated heterocycles. The highest BCUT2D eigenvalue weighted by molar-refractivity contribution is 6.08. The van der Waals surface area contributed by atoms with E-state index in [1.54, 1.807) is 26.4 Å². The number of hydrogen-bond acceptors (Lipinski definition) is 3. The Morgan fingerprint density at radius 2 is 1.74 bits per heavy atom. The molecule has 2 aromatic carbocycles. The highest BCUT2D eigenvalue weighted by atomic mass is 16.5. The molecule has 0 fully saturated rings. The lowest BCUT2D eigenvalue weighted by Gasteiger charge is -2.16. The van der Waals surface area contributed by atoms with Crippen LogP contribution in [0.25, 0.3) is 16.6 Å². The average molecular weight is 361 g/mol. The van der Waals surface area contributed by atoms with Crippen molar-refractivity contribution in [3.63, 3.8) is 0 Å². The number of methoxy groups -OCH3 is 2. The van der Waals surface area contributed by atoms with E-state index in [0.717, 1.165) is 10.9 Å². The molecule has 0 aliphatic carbocycles. The molecule has 27 heavy (non-hydrogen) atoms. The molecule has 0 spiro atoms. The number of carbonyl (C=O) groups excluding carboxylic acids is 1. The van der Waals surface area contributed by atoms with Gasteiger partial charge in [0.2, 0.25) is 0 Å². The summed E-state index contributed by atoms with van der Waals surface area (Å²) in [5.74, 6) is 0.828. The van der Waals surface area contributed by atoms with Crippen LogP contribution < -0.4 is 14.8 Å². The molecule has 0 radical (unpaired) electrons. The van der Waals surface area contributed by atoms with Gasteiger partial charge in [-0.05, 0) is 41.8 Å². The maximum Gasteiger partial charge on any atom is 0.257 e. The summed E-state index contributed by atoms with van der Waals surface area (Å²) in [7, 11) is 3.12. The molecule has 136 valence electrons. The molecule has 6 heteroatoms. The Morgan fingerprint density at radius 1 is 1.00 bits per heavy atom. The quantitative estimate of drug-likeness (QED) is 0.559. The van der Waals surface area contributed by atoms with Gasteiger partial charge in [-0.2, -0.15) is 0 Å². The number of aromatic nitrogens is 2. The third-order valence-electron chi connectivity index (χ3n) is 4.44. The molecular weight excluding hydrogens is 342 g/mol. The van der Waals surface area contributed by atoms with E-state index in [4.69, 9.17) is 9.47 Å². The average Bonchev–Trinajstić information content (AvgIpc) is 3.38. The molecule has 2 aromatic heterocycles. The standard InChI is InChI=1S/C21H19N3O3/c1-26-19-12-16(18(13-20(19)27-2)24-9-3-4-10-24)21(25)23-15-6-5-14-7-8-22-17(14)11-15/h3-13,22H,1-2H3,(H,23,25). The number of fused-ring (bicyclic) bond motifs is 1. The van der Waals surface area contributed by atoms with E-state index in [0.29, 0.717) is 28.4 Å². The van der Waals surface area contributed by atoms with Crippen molar-refractivity contribution in [1.29, 1.82) is 0 Å². The van der Waals surface area contributed by atoms with E-state index >= 15 is 0 Å². The first-order valence-corrected chi connectivity index (χ1v) is 8.47.